The summed E-state index contributed by atoms with van der Waals surface area (Å²) in [5.41, 5.74) is 5.15. The molecule has 3 aromatic carbocycles. The van der Waals surface area contributed by atoms with Gasteiger partial charge in [0, 0.05) is 25.3 Å². The van der Waals surface area contributed by atoms with Gasteiger partial charge in [0.2, 0.25) is 0 Å². The lowest BCUT2D eigenvalue weighted by Gasteiger charge is -2.25. The van der Waals surface area contributed by atoms with Crippen LogP contribution in [0.4, 0.5) is 5.69 Å². The van der Waals surface area contributed by atoms with Crippen molar-refractivity contribution in [2.24, 2.45) is 4.99 Å². The molecule has 216 valence electrons. The number of allylic oxidation sites excluding steroid dienone is 1. The van der Waals surface area contributed by atoms with Gasteiger partial charge in [-0.2, -0.15) is 0 Å². The number of ether oxygens (including phenoxy) is 3. The normalized spacial score (nSPS) is 14.7. The van der Waals surface area contributed by atoms with Crippen molar-refractivity contribution in [2.45, 2.75) is 26.5 Å². The van der Waals surface area contributed by atoms with Crippen LogP contribution in [0.2, 0.25) is 0 Å². The number of hydrogen-bond acceptors (Lipinski definition) is 8. The van der Waals surface area contributed by atoms with Crippen molar-refractivity contribution in [1.82, 2.24) is 4.57 Å². The number of benzene rings is 3. The molecule has 0 spiro atoms. The van der Waals surface area contributed by atoms with Gasteiger partial charge in [-0.05, 0) is 66.9 Å². The molecule has 1 aliphatic rings. The number of anilines is 1. The zero-order valence-electron chi connectivity index (χ0n) is 24.5. The van der Waals surface area contributed by atoms with E-state index in [9.17, 15) is 9.59 Å². The van der Waals surface area contributed by atoms with Gasteiger partial charge in [0.15, 0.2) is 4.80 Å². The number of para-hydroxylation sites is 1. The predicted molar refractivity (Wildman–Crippen MR) is 165 cm³/mol. The van der Waals surface area contributed by atoms with Gasteiger partial charge in [-0.15, -0.1) is 0 Å². The number of esters is 1. The fourth-order valence-corrected chi connectivity index (χ4v) is 6.04. The van der Waals surface area contributed by atoms with Crippen LogP contribution < -0.4 is 29.3 Å². The van der Waals surface area contributed by atoms with Gasteiger partial charge in [0.05, 0.1) is 36.1 Å². The molecule has 0 amide bonds. The molecule has 2 heterocycles. The average Bonchev–Trinajstić information content (AvgIpc) is 3.29. The average molecular weight is 584 g/mol. The molecule has 5 rings (SSSR count). The predicted octanol–water partition coefficient (Wildman–Crippen LogP) is 4.37. The third kappa shape index (κ3) is 5.60. The summed E-state index contributed by atoms with van der Waals surface area (Å²) in [5, 5.41) is 0. The summed E-state index contributed by atoms with van der Waals surface area (Å²) in [5.74, 6) is 0.982. The number of methoxy groups -OCH3 is 2. The first kappa shape index (κ1) is 28.9. The molecule has 0 N–H and O–H groups in total. The summed E-state index contributed by atoms with van der Waals surface area (Å²) >= 11 is 1.29. The second-order valence-corrected chi connectivity index (χ2v) is 11.2. The Hall–Kier alpha value is -4.63. The number of rotatable bonds is 8. The number of carbonyl (C=O) groups excluding carboxylic acids is 1. The molecule has 0 saturated heterocycles. The standard InChI is InChI=1S/C33H33N3O5S/c1-20-9-7-8-10-26(20)41-19-24-17-22(11-16-27(24)39-5)18-28-31(37)36-30(23-12-14-25(15-13-23)35(3)4)29(32(38)40-6)21(2)34-33(36)42-28/h7-18,30H,19H2,1-6H3/t30-/m1/s1. The van der Waals surface area contributed by atoms with Crippen molar-refractivity contribution in [3.05, 3.63) is 120 Å². The van der Waals surface area contributed by atoms with E-state index in [4.69, 9.17) is 14.2 Å². The second-order valence-electron chi connectivity index (χ2n) is 10.2. The van der Waals surface area contributed by atoms with Crippen LogP contribution in [0.15, 0.2) is 87.8 Å². The van der Waals surface area contributed by atoms with Gasteiger partial charge in [-0.1, -0.05) is 47.7 Å². The number of carbonyl (C=O) groups is 1. The third-order valence-electron chi connectivity index (χ3n) is 7.23. The summed E-state index contributed by atoms with van der Waals surface area (Å²) in [4.78, 5) is 34.1. The van der Waals surface area contributed by atoms with Gasteiger partial charge in [0.1, 0.15) is 18.1 Å². The smallest absolute Gasteiger partial charge is 0.338 e. The van der Waals surface area contributed by atoms with Crippen LogP contribution in [-0.2, 0) is 16.1 Å². The van der Waals surface area contributed by atoms with Gasteiger partial charge in [0.25, 0.3) is 5.56 Å². The summed E-state index contributed by atoms with van der Waals surface area (Å²) in [6, 6.07) is 20.7. The Morgan fingerprint density at radius 1 is 1.02 bits per heavy atom. The zero-order valence-corrected chi connectivity index (χ0v) is 25.3. The van der Waals surface area contributed by atoms with Crippen LogP contribution in [0.25, 0.3) is 6.08 Å². The third-order valence-corrected chi connectivity index (χ3v) is 8.21. The molecular weight excluding hydrogens is 550 g/mol. The van der Waals surface area contributed by atoms with E-state index in [0.29, 0.717) is 33.0 Å². The zero-order chi connectivity index (χ0) is 30.0. The maximum absolute atomic E-state index is 13.9. The molecule has 0 aliphatic carbocycles. The highest BCUT2D eigenvalue weighted by atomic mass is 32.1. The molecule has 1 aromatic heterocycles. The maximum Gasteiger partial charge on any atom is 0.338 e. The Labute approximate surface area is 248 Å². The van der Waals surface area contributed by atoms with E-state index >= 15 is 0 Å². The number of thiazole rings is 1. The Morgan fingerprint density at radius 3 is 2.43 bits per heavy atom. The highest BCUT2D eigenvalue weighted by Crippen LogP contribution is 2.31. The van der Waals surface area contributed by atoms with E-state index in [1.54, 1.807) is 18.6 Å². The minimum Gasteiger partial charge on any atom is -0.496 e. The molecule has 0 unspecified atom stereocenters. The molecule has 4 aromatic rings. The highest BCUT2D eigenvalue weighted by molar-refractivity contribution is 7.07. The lowest BCUT2D eigenvalue weighted by atomic mass is 9.95. The molecule has 1 aliphatic heterocycles. The summed E-state index contributed by atoms with van der Waals surface area (Å²) < 4.78 is 18.9. The van der Waals surface area contributed by atoms with Crippen LogP contribution in [-0.4, -0.2) is 38.9 Å². The fraction of sp³-hybridized carbons (Fsp3) is 0.242. The molecule has 0 radical (unpaired) electrons. The lowest BCUT2D eigenvalue weighted by molar-refractivity contribution is -0.136. The number of hydrogen-bond donors (Lipinski definition) is 0. The molecule has 42 heavy (non-hydrogen) atoms. The second kappa shape index (κ2) is 12.1. The molecule has 9 heteroatoms. The first-order valence-corrected chi connectivity index (χ1v) is 14.3. The molecular formula is C33H33N3O5S. The Kier molecular flexibility index (Phi) is 8.31. The van der Waals surface area contributed by atoms with E-state index < -0.39 is 12.0 Å². The number of nitrogens with zero attached hydrogens (tertiary/aromatic N) is 3. The topological polar surface area (TPSA) is 82.4 Å². The number of aromatic nitrogens is 1. The Balaban J connectivity index is 1.58. The van der Waals surface area contributed by atoms with Crippen molar-refractivity contribution in [3.8, 4) is 11.5 Å². The van der Waals surface area contributed by atoms with Gasteiger partial charge in [-0.3, -0.25) is 9.36 Å². The summed E-state index contributed by atoms with van der Waals surface area (Å²) in [6.45, 7) is 4.08. The fourth-order valence-electron chi connectivity index (χ4n) is 4.99. The van der Waals surface area contributed by atoms with Crippen LogP contribution >= 0.6 is 11.3 Å². The number of fused-ring (bicyclic) bond motifs is 1. The van der Waals surface area contributed by atoms with E-state index in [1.807, 2.05) is 98.7 Å². The van der Waals surface area contributed by atoms with E-state index in [2.05, 4.69) is 4.99 Å². The molecule has 0 saturated carbocycles. The Morgan fingerprint density at radius 2 is 1.76 bits per heavy atom. The van der Waals surface area contributed by atoms with Crippen LogP contribution in [0.3, 0.4) is 0 Å². The quantitative estimate of drug-likeness (QED) is 0.287. The Bertz CT molecular complexity index is 1850. The monoisotopic (exact) mass is 583 g/mol. The number of aryl methyl sites for hydroxylation is 1. The maximum atomic E-state index is 13.9. The van der Waals surface area contributed by atoms with E-state index in [-0.39, 0.29) is 5.56 Å². The van der Waals surface area contributed by atoms with Crippen molar-refractivity contribution in [1.29, 1.82) is 0 Å². The van der Waals surface area contributed by atoms with Crippen LogP contribution in [0, 0.1) is 6.92 Å². The molecule has 8 nitrogen and oxygen atoms in total. The van der Waals surface area contributed by atoms with Gasteiger partial charge >= 0.3 is 5.97 Å². The van der Waals surface area contributed by atoms with Crippen molar-refractivity contribution in [2.75, 3.05) is 33.2 Å². The first-order valence-electron chi connectivity index (χ1n) is 13.4. The molecule has 1 atom stereocenters. The van der Waals surface area contributed by atoms with Crippen molar-refractivity contribution < 1.29 is 19.0 Å². The largest absolute Gasteiger partial charge is 0.496 e. The van der Waals surface area contributed by atoms with E-state index in [0.717, 1.165) is 33.7 Å². The minimum absolute atomic E-state index is 0.233. The minimum atomic E-state index is -0.666. The SMILES string of the molecule is COC(=O)C1=C(C)N=c2sc(=Cc3ccc(OC)c(COc4ccccc4C)c3)c(=O)n2[C@@H]1c1ccc(N(C)C)cc1. The lowest BCUT2D eigenvalue weighted by Crippen LogP contribution is -2.39. The first-order chi connectivity index (χ1) is 20.2. The highest BCUT2D eigenvalue weighted by Gasteiger charge is 2.33. The van der Waals surface area contributed by atoms with Gasteiger partial charge < -0.3 is 19.1 Å². The molecule has 0 fully saturated rings. The summed E-state index contributed by atoms with van der Waals surface area (Å²) in [6.07, 6.45) is 1.84. The van der Waals surface area contributed by atoms with Crippen LogP contribution in [0.5, 0.6) is 11.5 Å². The van der Waals surface area contributed by atoms with E-state index in [1.165, 1.54) is 18.4 Å². The van der Waals surface area contributed by atoms with Crippen molar-refractivity contribution in [3.63, 3.8) is 0 Å². The molecule has 0 bridgehead atoms. The van der Waals surface area contributed by atoms with Gasteiger partial charge in [-0.25, -0.2) is 9.79 Å². The summed E-state index contributed by atoms with van der Waals surface area (Å²) in [7, 11) is 6.88. The van der Waals surface area contributed by atoms with Crippen LogP contribution in [0.1, 0.15) is 35.2 Å². The van der Waals surface area contributed by atoms with Crippen molar-refractivity contribution >= 4 is 29.1 Å².